The molecule has 0 aliphatic carbocycles. The Morgan fingerprint density at radius 3 is 1.08 bits per heavy atom. The molecular weight excluding hydrogens is 320 g/mol. The average molecular weight is 348 g/mol. The predicted molar refractivity (Wildman–Crippen MR) is 111 cm³/mol. The minimum Gasteiger partial charge on any atom is -0.314 e. The summed E-state index contributed by atoms with van der Waals surface area (Å²) >= 11 is 0. The number of fused-ring (bicyclic) bond motifs is 3. The van der Waals surface area contributed by atoms with Gasteiger partial charge in [-0.15, -0.1) is 0 Å². The van der Waals surface area contributed by atoms with Crippen molar-refractivity contribution in [1.29, 1.82) is 0 Å². The Labute approximate surface area is 155 Å². The second-order valence-electron chi connectivity index (χ2n) is 6.90. The minimum atomic E-state index is 0.897. The van der Waals surface area contributed by atoms with Crippen LogP contribution in [-0.4, -0.2) is 39.3 Å². The topological polar surface area (TPSA) is 48.1 Å². The van der Waals surface area contributed by atoms with Crippen LogP contribution in [0.3, 0.4) is 0 Å². The summed E-state index contributed by atoms with van der Waals surface area (Å²) in [6.07, 6.45) is 0. The van der Waals surface area contributed by atoms with E-state index in [1.54, 1.807) is 0 Å². The van der Waals surface area contributed by atoms with Crippen molar-refractivity contribution in [2.75, 3.05) is 39.3 Å². The van der Waals surface area contributed by atoms with Crippen molar-refractivity contribution in [3.8, 4) is 0 Å². The van der Waals surface area contributed by atoms with E-state index < -0.39 is 0 Å². The first kappa shape index (κ1) is 17.4. The van der Waals surface area contributed by atoms with Crippen LogP contribution < -0.4 is 21.3 Å². The summed E-state index contributed by atoms with van der Waals surface area (Å²) < 4.78 is 0. The van der Waals surface area contributed by atoms with Crippen LogP contribution in [0, 0.1) is 0 Å². The van der Waals surface area contributed by atoms with Crippen LogP contribution in [0.4, 0.5) is 0 Å². The Morgan fingerprint density at radius 1 is 0.423 bits per heavy atom. The first-order valence-corrected chi connectivity index (χ1v) is 9.69. The molecule has 4 rings (SSSR count). The minimum absolute atomic E-state index is 0.897. The summed E-state index contributed by atoms with van der Waals surface area (Å²) in [6, 6.07) is 17.7. The standard InChI is InChI=1S/C22H28N4/c1-2-6-18-17(5-1)21-15-25-13-11-23-9-10-24-12-14-26-16-22(18)20-8-4-3-7-19(20)21/h1-8,23-26H,9-16H2. The van der Waals surface area contributed by atoms with Gasteiger partial charge in [0.05, 0.1) is 0 Å². The van der Waals surface area contributed by atoms with E-state index in [-0.39, 0.29) is 0 Å². The summed E-state index contributed by atoms with van der Waals surface area (Å²) in [6.45, 7) is 7.77. The highest BCUT2D eigenvalue weighted by Crippen LogP contribution is 2.32. The fourth-order valence-electron chi connectivity index (χ4n) is 3.90. The Balaban J connectivity index is 1.80. The molecule has 136 valence electrons. The van der Waals surface area contributed by atoms with Gasteiger partial charge in [0.25, 0.3) is 0 Å². The van der Waals surface area contributed by atoms with Crippen LogP contribution in [-0.2, 0) is 13.1 Å². The fraction of sp³-hybridized carbons (Fsp3) is 0.364. The molecule has 0 saturated carbocycles. The smallest absolute Gasteiger partial charge is 0.0218 e. The zero-order chi connectivity index (χ0) is 17.6. The van der Waals surface area contributed by atoms with Gasteiger partial charge < -0.3 is 21.3 Å². The third-order valence-corrected chi connectivity index (χ3v) is 5.19. The molecule has 1 aliphatic heterocycles. The Hall–Kier alpha value is -1.98. The molecule has 0 amide bonds. The highest BCUT2D eigenvalue weighted by atomic mass is 15.0. The van der Waals surface area contributed by atoms with Crippen molar-refractivity contribution in [2.24, 2.45) is 0 Å². The Morgan fingerprint density at radius 2 is 0.731 bits per heavy atom. The summed E-state index contributed by atoms with van der Waals surface area (Å²) in [5.74, 6) is 0. The van der Waals surface area contributed by atoms with Gasteiger partial charge in [0.1, 0.15) is 0 Å². The Bertz CT molecular complexity index is 746. The molecule has 0 spiro atoms. The lowest BCUT2D eigenvalue weighted by atomic mass is 9.91. The van der Waals surface area contributed by atoms with E-state index in [1.807, 2.05) is 0 Å². The van der Waals surface area contributed by atoms with E-state index >= 15 is 0 Å². The molecule has 0 fully saturated rings. The van der Waals surface area contributed by atoms with E-state index in [9.17, 15) is 0 Å². The summed E-state index contributed by atoms with van der Waals surface area (Å²) in [4.78, 5) is 0. The van der Waals surface area contributed by atoms with Gasteiger partial charge in [-0.05, 0) is 32.7 Å². The molecule has 1 heterocycles. The van der Waals surface area contributed by atoms with Crippen molar-refractivity contribution in [1.82, 2.24) is 21.3 Å². The summed E-state index contributed by atoms with van der Waals surface area (Å²) in [7, 11) is 0. The van der Waals surface area contributed by atoms with Gasteiger partial charge in [0, 0.05) is 52.4 Å². The van der Waals surface area contributed by atoms with E-state index in [4.69, 9.17) is 0 Å². The maximum Gasteiger partial charge on any atom is 0.0218 e. The van der Waals surface area contributed by atoms with Gasteiger partial charge in [0.15, 0.2) is 0 Å². The number of hydrogen-bond acceptors (Lipinski definition) is 4. The van der Waals surface area contributed by atoms with Crippen molar-refractivity contribution < 1.29 is 0 Å². The van der Waals surface area contributed by atoms with Crippen molar-refractivity contribution in [3.05, 3.63) is 59.7 Å². The molecule has 0 unspecified atom stereocenters. The van der Waals surface area contributed by atoms with Gasteiger partial charge in [-0.1, -0.05) is 48.5 Å². The SMILES string of the molecule is c1ccc2c3c4ccccc4c(c2c1)CNCCNCCNCCNC3. The lowest BCUT2D eigenvalue weighted by molar-refractivity contribution is 0.566. The van der Waals surface area contributed by atoms with Crippen LogP contribution in [0.15, 0.2) is 48.5 Å². The first-order chi connectivity index (χ1) is 12.9. The highest BCUT2D eigenvalue weighted by molar-refractivity contribution is 6.05. The first-order valence-electron chi connectivity index (χ1n) is 9.69. The molecule has 4 heteroatoms. The van der Waals surface area contributed by atoms with Crippen molar-refractivity contribution >= 4 is 21.5 Å². The maximum absolute atomic E-state index is 3.63. The molecular formula is C22H28N4. The molecule has 1 aliphatic rings. The Kier molecular flexibility index (Phi) is 5.77. The van der Waals surface area contributed by atoms with E-state index in [1.165, 1.54) is 32.7 Å². The lowest BCUT2D eigenvalue weighted by Crippen LogP contribution is -2.35. The molecule has 0 saturated heterocycles. The van der Waals surface area contributed by atoms with Crippen LogP contribution >= 0.6 is 0 Å². The van der Waals surface area contributed by atoms with Crippen LogP contribution in [0.2, 0.25) is 0 Å². The molecule has 4 N–H and O–H groups in total. The van der Waals surface area contributed by atoms with Gasteiger partial charge in [-0.3, -0.25) is 0 Å². The van der Waals surface area contributed by atoms with Crippen molar-refractivity contribution in [3.63, 3.8) is 0 Å². The zero-order valence-electron chi connectivity index (χ0n) is 15.3. The summed E-state index contributed by atoms with van der Waals surface area (Å²) in [5, 5.41) is 19.7. The van der Waals surface area contributed by atoms with Gasteiger partial charge in [-0.25, -0.2) is 0 Å². The van der Waals surface area contributed by atoms with Crippen molar-refractivity contribution in [2.45, 2.75) is 13.1 Å². The third-order valence-electron chi connectivity index (χ3n) is 5.19. The highest BCUT2D eigenvalue weighted by Gasteiger charge is 2.13. The summed E-state index contributed by atoms with van der Waals surface area (Å²) in [5.41, 5.74) is 2.82. The van der Waals surface area contributed by atoms with E-state index in [0.29, 0.717) is 0 Å². The van der Waals surface area contributed by atoms with Gasteiger partial charge in [-0.2, -0.15) is 0 Å². The molecule has 3 aromatic carbocycles. The van der Waals surface area contributed by atoms with Crippen LogP contribution in [0.25, 0.3) is 21.5 Å². The molecule has 4 nitrogen and oxygen atoms in total. The van der Waals surface area contributed by atoms with Crippen LogP contribution in [0.5, 0.6) is 0 Å². The maximum atomic E-state index is 3.63. The average Bonchev–Trinajstić information content (AvgIpc) is 2.68. The second-order valence-corrected chi connectivity index (χ2v) is 6.90. The monoisotopic (exact) mass is 348 g/mol. The third kappa shape index (κ3) is 3.74. The van der Waals surface area contributed by atoms with Gasteiger partial charge in [0.2, 0.25) is 0 Å². The number of benzene rings is 3. The number of nitrogens with one attached hydrogen (secondary N) is 4. The quantitative estimate of drug-likeness (QED) is 0.471. The molecule has 2 bridgehead atoms. The number of hydrogen-bond donors (Lipinski definition) is 4. The molecule has 0 aromatic heterocycles. The van der Waals surface area contributed by atoms with Crippen LogP contribution in [0.1, 0.15) is 11.1 Å². The predicted octanol–water partition coefficient (Wildman–Crippen LogP) is 2.37. The van der Waals surface area contributed by atoms with E-state index in [0.717, 1.165) is 52.4 Å². The van der Waals surface area contributed by atoms with Gasteiger partial charge >= 0.3 is 0 Å². The zero-order valence-corrected chi connectivity index (χ0v) is 15.3. The molecule has 0 atom stereocenters. The second kappa shape index (κ2) is 8.60. The molecule has 26 heavy (non-hydrogen) atoms. The van der Waals surface area contributed by atoms with E-state index in [2.05, 4.69) is 69.8 Å². The fourth-order valence-corrected chi connectivity index (χ4v) is 3.90. The molecule has 3 aromatic rings. The lowest BCUT2D eigenvalue weighted by Gasteiger charge is -2.18. The normalized spacial score (nSPS) is 17.7. The molecule has 0 radical (unpaired) electrons. The largest absolute Gasteiger partial charge is 0.314 e. The number of rotatable bonds is 0.